The lowest BCUT2D eigenvalue weighted by Gasteiger charge is -2.55. The quantitative estimate of drug-likeness (QED) is 0.152. The maximum absolute atomic E-state index is 13.9. The molecule has 2 aromatic rings. The number of benzene rings is 2. The van der Waals surface area contributed by atoms with E-state index in [0.717, 1.165) is 11.1 Å². The third kappa shape index (κ3) is 9.70. The van der Waals surface area contributed by atoms with Gasteiger partial charge in [-0.05, 0) is 52.7 Å². The first kappa shape index (κ1) is 35.9. The molecule has 0 radical (unpaired) electrons. The van der Waals surface area contributed by atoms with E-state index in [2.05, 4.69) is 13.2 Å². The van der Waals surface area contributed by atoms with Gasteiger partial charge in [0.25, 0.3) is 0 Å². The fourth-order valence-electron chi connectivity index (χ4n) is 5.24. The molecule has 248 valence electrons. The van der Waals surface area contributed by atoms with E-state index in [1.54, 1.807) is 65.8 Å². The molecule has 4 atom stereocenters. The Kier molecular flexibility index (Phi) is 12.2. The van der Waals surface area contributed by atoms with E-state index in [1.807, 2.05) is 36.4 Å². The van der Waals surface area contributed by atoms with Crippen molar-refractivity contribution in [1.82, 2.24) is 9.80 Å². The van der Waals surface area contributed by atoms with Gasteiger partial charge in [-0.2, -0.15) is 0 Å². The van der Waals surface area contributed by atoms with E-state index < -0.39 is 59.2 Å². The number of amides is 2. The van der Waals surface area contributed by atoms with Gasteiger partial charge in [0, 0.05) is 13.1 Å². The van der Waals surface area contributed by atoms with Crippen LogP contribution in [0.1, 0.15) is 52.7 Å². The molecule has 2 aromatic carbocycles. The maximum Gasteiger partial charge on any atom is 0.410 e. The van der Waals surface area contributed by atoms with Gasteiger partial charge in [0.1, 0.15) is 24.4 Å². The second-order valence-electron chi connectivity index (χ2n) is 13.1. The molecule has 2 amide bonds. The summed E-state index contributed by atoms with van der Waals surface area (Å²) in [4.78, 5) is 57.9. The summed E-state index contributed by atoms with van der Waals surface area (Å²) in [7, 11) is 0. The summed E-state index contributed by atoms with van der Waals surface area (Å²) in [6.07, 6.45) is 1.48. The monoisotopic (exact) mass is 634 g/mol. The van der Waals surface area contributed by atoms with E-state index in [1.165, 1.54) is 22.0 Å². The average molecular weight is 635 g/mol. The summed E-state index contributed by atoms with van der Waals surface area (Å²) < 4.78 is 22.9. The first-order valence-corrected chi connectivity index (χ1v) is 15.3. The van der Waals surface area contributed by atoms with E-state index in [9.17, 15) is 19.2 Å². The van der Waals surface area contributed by atoms with E-state index in [-0.39, 0.29) is 26.3 Å². The van der Waals surface area contributed by atoms with Gasteiger partial charge in [-0.3, -0.25) is 19.4 Å². The summed E-state index contributed by atoms with van der Waals surface area (Å²) in [6, 6.07) is 16.1. The highest BCUT2D eigenvalue weighted by Crippen LogP contribution is 2.45. The van der Waals surface area contributed by atoms with Gasteiger partial charge in [0.15, 0.2) is 0 Å². The normalized spacial score (nSPS) is 19.1. The van der Waals surface area contributed by atoms with Crippen LogP contribution >= 0.6 is 0 Å². The van der Waals surface area contributed by atoms with E-state index in [4.69, 9.17) is 18.9 Å². The predicted octanol–water partition coefficient (Wildman–Crippen LogP) is 6.30. The molecule has 1 aliphatic carbocycles. The fourth-order valence-corrected chi connectivity index (χ4v) is 5.24. The third-order valence-corrected chi connectivity index (χ3v) is 7.09. The molecule has 0 bridgehead atoms. The highest BCUT2D eigenvalue weighted by atomic mass is 16.6. The number of nitrogens with zero attached hydrogens (tertiary/aromatic N) is 2. The summed E-state index contributed by atoms with van der Waals surface area (Å²) in [5.74, 6) is -3.88. The van der Waals surface area contributed by atoms with E-state index >= 15 is 0 Å². The second-order valence-corrected chi connectivity index (χ2v) is 13.1. The number of ether oxygens (including phenoxy) is 4. The van der Waals surface area contributed by atoms with Crippen molar-refractivity contribution in [2.45, 2.75) is 78.0 Å². The molecule has 10 heteroatoms. The second kappa shape index (κ2) is 15.6. The fraction of sp³-hybridized carbons (Fsp3) is 0.444. The van der Waals surface area contributed by atoms with Gasteiger partial charge in [0.2, 0.25) is 0 Å². The molecule has 1 aliphatic rings. The number of carbonyl (C=O) groups is 4. The standard InChI is InChI=1S/C36H46N2O8/c1-9-21-37(33(41)45-35(3,4)5)29-27(31(39)43-23-25-17-13-11-14-18-25)28(32(40)44-24-26-19-15-12-16-20-26)30(29)38(22-10-2)34(42)46-36(6,7)8/h9-20,27-30H,1-2,21-24H2,3-8H3/t27-,28-,29-,30-/m0/s1. The summed E-state index contributed by atoms with van der Waals surface area (Å²) >= 11 is 0. The minimum atomic E-state index is -1.21. The molecule has 0 heterocycles. The van der Waals surface area contributed by atoms with Crippen LogP contribution < -0.4 is 0 Å². The Morgan fingerprint density at radius 2 is 0.957 bits per heavy atom. The molecule has 46 heavy (non-hydrogen) atoms. The number of esters is 2. The average Bonchev–Trinajstić information content (AvgIpc) is 2.97. The van der Waals surface area contributed by atoms with Crippen LogP contribution in [0, 0.1) is 11.8 Å². The Morgan fingerprint density at radius 3 is 1.24 bits per heavy atom. The first-order chi connectivity index (χ1) is 21.7. The van der Waals surface area contributed by atoms with Crippen LogP contribution in [0.2, 0.25) is 0 Å². The zero-order chi connectivity index (χ0) is 34.1. The number of hydrogen-bond donors (Lipinski definition) is 0. The molecule has 0 aromatic heterocycles. The SMILES string of the molecule is C=CCN(C(=O)OC(C)(C)C)[C@H]1[C@@H](C(=O)OCc2ccccc2)[C@H](C(=O)OCc2ccccc2)[C@@H]1N(CC=C)C(=O)OC(C)(C)C. The molecule has 1 saturated carbocycles. The molecule has 0 N–H and O–H groups in total. The highest BCUT2D eigenvalue weighted by Gasteiger charge is 2.65. The minimum Gasteiger partial charge on any atom is -0.461 e. The molecule has 0 aliphatic heterocycles. The molecule has 10 nitrogen and oxygen atoms in total. The van der Waals surface area contributed by atoms with Gasteiger partial charge in [0.05, 0.1) is 23.9 Å². The lowest BCUT2D eigenvalue weighted by Crippen LogP contribution is -2.74. The minimum absolute atomic E-state index is 0.0411. The topological polar surface area (TPSA) is 112 Å². The third-order valence-electron chi connectivity index (χ3n) is 7.09. The lowest BCUT2D eigenvalue weighted by molar-refractivity contribution is -0.186. The van der Waals surface area contributed by atoms with Crippen LogP contribution in [-0.4, -0.2) is 70.3 Å². The lowest BCUT2D eigenvalue weighted by atomic mass is 9.63. The first-order valence-electron chi connectivity index (χ1n) is 15.3. The Hall–Kier alpha value is -4.60. The number of hydrogen-bond acceptors (Lipinski definition) is 8. The smallest absolute Gasteiger partial charge is 0.410 e. The van der Waals surface area contributed by atoms with Gasteiger partial charge in [-0.25, -0.2) is 9.59 Å². The largest absolute Gasteiger partial charge is 0.461 e. The molecule has 0 unspecified atom stereocenters. The summed E-state index contributed by atoms with van der Waals surface area (Å²) in [5.41, 5.74) is -0.273. The van der Waals surface area contributed by atoms with Crippen LogP contribution in [0.3, 0.4) is 0 Å². The number of rotatable bonds is 12. The van der Waals surface area contributed by atoms with Gasteiger partial charge >= 0.3 is 24.1 Å². The predicted molar refractivity (Wildman–Crippen MR) is 173 cm³/mol. The summed E-state index contributed by atoms with van der Waals surface area (Å²) in [5, 5.41) is 0. The van der Waals surface area contributed by atoms with Crippen molar-refractivity contribution >= 4 is 24.1 Å². The molecular formula is C36H46N2O8. The molecule has 0 spiro atoms. The van der Waals surface area contributed by atoms with Gasteiger partial charge < -0.3 is 18.9 Å². The molecular weight excluding hydrogens is 588 g/mol. The Bertz CT molecular complexity index is 1260. The Balaban J connectivity index is 2.11. The van der Waals surface area contributed by atoms with Crippen molar-refractivity contribution in [2.75, 3.05) is 13.1 Å². The van der Waals surface area contributed by atoms with Crippen LogP contribution in [-0.2, 0) is 41.8 Å². The number of carbonyl (C=O) groups excluding carboxylic acids is 4. The van der Waals surface area contributed by atoms with Gasteiger partial charge in [-0.1, -0.05) is 72.8 Å². The van der Waals surface area contributed by atoms with Crippen LogP contribution in [0.15, 0.2) is 86.0 Å². The Morgan fingerprint density at radius 1 is 0.630 bits per heavy atom. The van der Waals surface area contributed by atoms with Crippen LogP contribution in [0.5, 0.6) is 0 Å². The van der Waals surface area contributed by atoms with E-state index in [0.29, 0.717) is 0 Å². The zero-order valence-electron chi connectivity index (χ0n) is 27.6. The van der Waals surface area contributed by atoms with Crippen molar-refractivity contribution in [3.05, 3.63) is 97.1 Å². The van der Waals surface area contributed by atoms with Crippen molar-refractivity contribution < 1.29 is 38.1 Å². The molecule has 1 fully saturated rings. The van der Waals surface area contributed by atoms with Crippen molar-refractivity contribution in [2.24, 2.45) is 11.8 Å². The van der Waals surface area contributed by atoms with Crippen LogP contribution in [0.25, 0.3) is 0 Å². The maximum atomic E-state index is 13.9. The van der Waals surface area contributed by atoms with Crippen LogP contribution in [0.4, 0.5) is 9.59 Å². The molecule has 0 saturated heterocycles. The zero-order valence-corrected chi connectivity index (χ0v) is 27.6. The molecule has 3 rings (SSSR count). The summed E-state index contributed by atoms with van der Waals surface area (Å²) in [6.45, 7) is 17.7. The van der Waals surface area contributed by atoms with Gasteiger partial charge in [-0.15, -0.1) is 13.2 Å². The Labute approximate surface area is 271 Å². The highest BCUT2D eigenvalue weighted by molar-refractivity contribution is 5.88. The van der Waals surface area contributed by atoms with Crippen molar-refractivity contribution in [3.8, 4) is 0 Å². The van der Waals surface area contributed by atoms with Crippen molar-refractivity contribution in [1.29, 1.82) is 0 Å². The van der Waals surface area contributed by atoms with Crippen molar-refractivity contribution in [3.63, 3.8) is 0 Å².